The molecule has 0 bridgehead atoms. The van der Waals surface area contributed by atoms with Crippen molar-refractivity contribution in [1.29, 1.82) is 0 Å². The molecule has 37 heavy (non-hydrogen) atoms. The number of anilines is 2. The number of amides is 2. The topological polar surface area (TPSA) is 105 Å². The van der Waals surface area contributed by atoms with Crippen LogP contribution in [0.5, 0.6) is 5.75 Å². The number of fused-ring (bicyclic) bond motifs is 1. The third-order valence-electron chi connectivity index (χ3n) is 5.08. The van der Waals surface area contributed by atoms with Gasteiger partial charge in [0.15, 0.2) is 0 Å². The highest BCUT2D eigenvalue weighted by atomic mass is 35.5. The molecular formula is C22H22ClF4N3O6S. The minimum Gasteiger partial charge on any atom is -0.486 e. The molecule has 0 radical (unpaired) electrons. The second kappa shape index (κ2) is 10.6. The van der Waals surface area contributed by atoms with Crippen LogP contribution < -0.4 is 19.3 Å². The zero-order chi connectivity index (χ0) is 27.7. The van der Waals surface area contributed by atoms with Gasteiger partial charge in [-0.05, 0) is 50.2 Å². The molecule has 1 heterocycles. The van der Waals surface area contributed by atoms with E-state index in [2.05, 4.69) is 5.32 Å². The third kappa shape index (κ3) is 6.18. The number of halogens is 5. The lowest BCUT2D eigenvalue weighted by Crippen LogP contribution is -2.46. The number of hydrogen-bond acceptors (Lipinski definition) is 6. The van der Waals surface area contributed by atoms with Gasteiger partial charge >= 0.3 is 12.4 Å². The van der Waals surface area contributed by atoms with Crippen molar-refractivity contribution in [2.24, 2.45) is 0 Å². The summed E-state index contributed by atoms with van der Waals surface area (Å²) in [5, 5.41) is 1.88. The number of carbonyl (C=O) groups is 2. The van der Waals surface area contributed by atoms with E-state index in [1.54, 1.807) is 0 Å². The van der Waals surface area contributed by atoms with Crippen LogP contribution in [0.25, 0.3) is 0 Å². The Morgan fingerprint density at radius 2 is 1.92 bits per heavy atom. The number of hydrogen-bond donors (Lipinski definition) is 1. The molecule has 9 nitrogen and oxygen atoms in total. The van der Waals surface area contributed by atoms with Crippen molar-refractivity contribution in [3.8, 4) is 5.75 Å². The smallest absolute Gasteiger partial charge is 0.486 e. The summed E-state index contributed by atoms with van der Waals surface area (Å²) in [4.78, 5) is 23.2. The lowest BCUT2D eigenvalue weighted by Gasteiger charge is -2.36. The second-order valence-corrected chi connectivity index (χ2v) is 10.4. The molecule has 1 unspecified atom stereocenters. The first-order chi connectivity index (χ1) is 17.1. The first-order valence-electron chi connectivity index (χ1n) is 10.7. The number of nitrogens with one attached hydrogen (secondary N) is 1. The van der Waals surface area contributed by atoms with Gasteiger partial charge in [-0.1, -0.05) is 11.6 Å². The van der Waals surface area contributed by atoms with Crippen LogP contribution in [0.1, 0.15) is 20.3 Å². The van der Waals surface area contributed by atoms with E-state index < -0.39 is 73.4 Å². The zero-order valence-electron chi connectivity index (χ0n) is 19.7. The molecule has 1 aliphatic rings. The number of rotatable bonds is 6. The number of benzene rings is 2. The van der Waals surface area contributed by atoms with E-state index in [0.29, 0.717) is 0 Å². The molecule has 202 valence electrons. The fourth-order valence-corrected chi connectivity index (χ4v) is 5.23. The monoisotopic (exact) mass is 567 g/mol. The summed E-state index contributed by atoms with van der Waals surface area (Å²) in [5.41, 5.74) is -1.10. The maximum Gasteiger partial charge on any atom is 0.494 e. The van der Waals surface area contributed by atoms with Crippen LogP contribution in [0.2, 0.25) is 5.02 Å². The van der Waals surface area contributed by atoms with Crippen LogP contribution >= 0.6 is 11.6 Å². The maximum absolute atomic E-state index is 13.8. The molecule has 2 aromatic carbocycles. The third-order valence-corrected chi connectivity index (χ3v) is 7.14. The van der Waals surface area contributed by atoms with Gasteiger partial charge in [0, 0.05) is 7.05 Å². The largest absolute Gasteiger partial charge is 0.494 e. The van der Waals surface area contributed by atoms with E-state index in [1.807, 2.05) is 0 Å². The summed E-state index contributed by atoms with van der Waals surface area (Å²) in [6.45, 7) is 2.24. The van der Waals surface area contributed by atoms with Crippen LogP contribution in [-0.2, 0) is 19.6 Å². The van der Waals surface area contributed by atoms with Gasteiger partial charge in [0.2, 0.25) is 5.91 Å². The van der Waals surface area contributed by atoms with Crippen molar-refractivity contribution in [2.45, 2.75) is 43.7 Å². The fourth-order valence-electron chi connectivity index (χ4n) is 3.46. The average molecular weight is 568 g/mol. The highest BCUT2D eigenvalue weighted by Crippen LogP contribution is 2.42. The summed E-state index contributed by atoms with van der Waals surface area (Å²) >= 11 is 5.75. The van der Waals surface area contributed by atoms with Crippen molar-refractivity contribution < 1.29 is 45.0 Å². The van der Waals surface area contributed by atoms with E-state index >= 15 is 0 Å². The first kappa shape index (κ1) is 28.3. The molecule has 0 fully saturated rings. The second-order valence-electron chi connectivity index (χ2n) is 8.12. The first-order valence-corrected chi connectivity index (χ1v) is 12.5. The lowest BCUT2D eigenvalue weighted by molar-refractivity contribution is -0.126. The minimum atomic E-state index is -5.22. The van der Waals surface area contributed by atoms with Gasteiger partial charge in [0.25, 0.3) is 10.0 Å². The van der Waals surface area contributed by atoms with E-state index in [1.165, 1.54) is 20.9 Å². The predicted octanol–water partition coefficient (Wildman–Crippen LogP) is 4.44. The summed E-state index contributed by atoms with van der Waals surface area (Å²) in [6, 6.07) is 5.34. The van der Waals surface area contributed by atoms with Crippen molar-refractivity contribution >= 4 is 45.0 Å². The SMILES string of the molecule is CNC(=O)CC1CN(S(=O)(=O)c2ccc(F)c(Cl)c2)c2cc(N(C(=O)OC(C)C)C(F)(F)F)ccc2O1. The van der Waals surface area contributed by atoms with Gasteiger partial charge < -0.3 is 14.8 Å². The molecular weight excluding hydrogens is 546 g/mol. The highest BCUT2D eigenvalue weighted by molar-refractivity contribution is 7.92. The summed E-state index contributed by atoms with van der Waals surface area (Å²) in [6.07, 6.45) is -9.11. The summed E-state index contributed by atoms with van der Waals surface area (Å²) in [5.74, 6) is -1.53. The molecule has 0 spiro atoms. The number of carbonyl (C=O) groups excluding carboxylic acids is 2. The van der Waals surface area contributed by atoms with E-state index in [4.69, 9.17) is 21.1 Å². The summed E-state index contributed by atoms with van der Waals surface area (Å²) in [7, 11) is -3.19. The minimum absolute atomic E-state index is 0.167. The molecule has 2 aromatic rings. The predicted molar refractivity (Wildman–Crippen MR) is 126 cm³/mol. The normalized spacial score (nSPS) is 15.6. The number of nitrogens with zero attached hydrogens (tertiary/aromatic N) is 2. The number of alkyl halides is 3. The fraction of sp³-hybridized carbons (Fsp3) is 0.364. The van der Waals surface area contributed by atoms with Crippen molar-refractivity contribution in [1.82, 2.24) is 5.32 Å². The molecule has 0 aliphatic carbocycles. The van der Waals surface area contributed by atoms with Crippen molar-refractivity contribution in [3.63, 3.8) is 0 Å². The van der Waals surface area contributed by atoms with Gasteiger partial charge in [-0.3, -0.25) is 9.10 Å². The molecule has 3 rings (SSSR count). The van der Waals surface area contributed by atoms with Crippen molar-refractivity contribution in [3.05, 3.63) is 47.2 Å². The molecule has 1 atom stereocenters. The molecule has 0 aromatic heterocycles. The van der Waals surface area contributed by atoms with E-state index in [-0.39, 0.29) is 17.9 Å². The van der Waals surface area contributed by atoms with Gasteiger partial charge in [0.05, 0.1) is 40.4 Å². The van der Waals surface area contributed by atoms with Crippen molar-refractivity contribution in [2.75, 3.05) is 22.8 Å². The van der Waals surface area contributed by atoms with Crippen LogP contribution in [0.4, 0.5) is 33.7 Å². The van der Waals surface area contributed by atoms with Crippen LogP contribution in [0, 0.1) is 5.82 Å². The molecule has 0 saturated carbocycles. The van der Waals surface area contributed by atoms with Gasteiger partial charge in [-0.2, -0.15) is 4.90 Å². The van der Waals surface area contributed by atoms with E-state index in [0.717, 1.165) is 40.7 Å². The molecule has 0 saturated heterocycles. The Balaban J connectivity index is 2.16. The van der Waals surface area contributed by atoms with E-state index in [9.17, 15) is 35.6 Å². The Morgan fingerprint density at radius 1 is 1.24 bits per heavy atom. The Kier molecular flexibility index (Phi) is 8.12. The molecule has 1 aliphatic heterocycles. The molecule has 1 N–H and O–H groups in total. The number of sulfonamides is 1. The van der Waals surface area contributed by atoms with Crippen LogP contribution in [-0.4, -0.2) is 52.5 Å². The summed E-state index contributed by atoms with van der Waals surface area (Å²) < 4.78 is 93.3. The van der Waals surface area contributed by atoms with Crippen LogP contribution in [0.15, 0.2) is 41.3 Å². The number of ether oxygens (including phenoxy) is 2. The molecule has 2 amide bonds. The van der Waals surface area contributed by atoms with Gasteiger partial charge in [-0.25, -0.2) is 17.6 Å². The maximum atomic E-state index is 13.8. The Bertz CT molecular complexity index is 1310. The lowest BCUT2D eigenvalue weighted by atomic mass is 10.1. The molecule has 15 heteroatoms. The van der Waals surface area contributed by atoms with Gasteiger partial charge in [-0.15, -0.1) is 13.2 Å². The zero-order valence-corrected chi connectivity index (χ0v) is 21.2. The average Bonchev–Trinajstić information content (AvgIpc) is 2.78. The van der Waals surface area contributed by atoms with Gasteiger partial charge in [0.1, 0.15) is 17.7 Å². The van der Waals surface area contributed by atoms with Crippen LogP contribution in [0.3, 0.4) is 0 Å². The Morgan fingerprint density at radius 3 is 2.49 bits per heavy atom. The Labute approximate surface area is 214 Å². The highest BCUT2D eigenvalue weighted by Gasteiger charge is 2.45. The quantitative estimate of drug-likeness (QED) is 0.409. The Hall–Kier alpha value is -3.26. The standard InChI is InChI=1S/C22H22ClF4N3O6S/c1-12(2)35-21(32)30(22(25,26)27)13-4-7-19-18(8-13)29(11-14(36-19)9-20(31)28-3)37(33,34)15-5-6-17(24)16(23)10-15/h4-8,10,12,14H,9,11H2,1-3H3,(H,28,31).